The lowest BCUT2D eigenvalue weighted by Gasteiger charge is -2.27. The first-order valence-corrected chi connectivity index (χ1v) is 8.18. The summed E-state index contributed by atoms with van der Waals surface area (Å²) in [6, 6.07) is 4.21. The molecule has 0 spiro atoms. The first-order chi connectivity index (χ1) is 12.9. The first-order valence-electron chi connectivity index (χ1n) is 7.43. The van der Waals surface area contributed by atoms with Crippen LogP contribution in [0.2, 0.25) is 10.0 Å². The molecule has 1 aliphatic rings. The van der Waals surface area contributed by atoms with Crippen molar-refractivity contribution in [3.8, 4) is 18.0 Å². The SMILES string of the molecule is COc1cc(Cl)cc(Cl)c1C1N=C(NC#N)Nc2nc(N)c(C#N)c(N)c21. The van der Waals surface area contributed by atoms with E-state index in [1.165, 1.54) is 13.2 Å². The number of hydrogen-bond acceptors (Lipinski definition) is 9. The number of ether oxygens (including phenoxy) is 1. The fourth-order valence-corrected chi connectivity index (χ4v) is 3.36. The third kappa shape index (κ3) is 3.10. The lowest BCUT2D eigenvalue weighted by molar-refractivity contribution is 0.408. The number of halogens is 2. The Kier molecular flexibility index (Phi) is 4.82. The van der Waals surface area contributed by atoms with Crippen molar-refractivity contribution in [2.45, 2.75) is 6.04 Å². The molecule has 1 aromatic heterocycles. The van der Waals surface area contributed by atoms with Crippen LogP contribution < -0.4 is 26.8 Å². The fraction of sp³-hybridized carbons (Fsp3) is 0.125. The van der Waals surface area contributed by atoms with Crippen LogP contribution >= 0.6 is 23.2 Å². The molecule has 9 nitrogen and oxygen atoms in total. The van der Waals surface area contributed by atoms with Gasteiger partial charge in [-0.25, -0.2) is 9.98 Å². The third-order valence-electron chi connectivity index (χ3n) is 3.91. The van der Waals surface area contributed by atoms with Crippen LogP contribution in [0.1, 0.15) is 22.7 Å². The molecule has 0 bridgehead atoms. The van der Waals surface area contributed by atoms with Crippen LogP contribution in [0.3, 0.4) is 0 Å². The standard InChI is InChI=1S/C16H12Cl2N8O/c1-27-9-3-6(17)2-8(18)10(9)13-11-12(21)7(4-19)14(22)25-15(11)26-16(24-13)23-5-20/h2-3,13H,1H3,(H6,21,22,23,24,25,26). The van der Waals surface area contributed by atoms with E-state index in [0.717, 1.165) is 0 Å². The van der Waals surface area contributed by atoms with E-state index < -0.39 is 6.04 Å². The summed E-state index contributed by atoms with van der Waals surface area (Å²) in [4.78, 5) is 8.62. The molecule has 1 unspecified atom stereocenters. The van der Waals surface area contributed by atoms with E-state index in [1.54, 1.807) is 12.3 Å². The quantitative estimate of drug-likeness (QED) is 0.439. The van der Waals surface area contributed by atoms with E-state index in [2.05, 4.69) is 20.6 Å². The van der Waals surface area contributed by atoms with Gasteiger partial charge in [-0.05, 0) is 12.1 Å². The lowest BCUT2D eigenvalue weighted by Crippen LogP contribution is -2.33. The number of hydrogen-bond donors (Lipinski definition) is 4. The van der Waals surface area contributed by atoms with Crippen LogP contribution in [-0.2, 0) is 0 Å². The molecule has 1 aliphatic heterocycles. The average molecular weight is 403 g/mol. The van der Waals surface area contributed by atoms with Crippen LogP contribution in [0.25, 0.3) is 0 Å². The summed E-state index contributed by atoms with van der Waals surface area (Å²) >= 11 is 12.5. The number of aromatic nitrogens is 1. The highest BCUT2D eigenvalue weighted by molar-refractivity contribution is 6.35. The van der Waals surface area contributed by atoms with Gasteiger partial charge >= 0.3 is 0 Å². The van der Waals surface area contributed by atoms with Crippen molar-refractivity contribution in [2.24, 2.45) is 4.99 Å². The summed E-state index contributed by atoms with van der Waals surface area (Å²) < 4.78 is 5.40. The van der Waals surface area contributed by atoms with Gasteiger partial charge in [0.2, 0.25) is 5.96 Å². The summed E-state index contributed by atoms with van der Waals surface area (Å²) in [6.07, 6.45) is 1.77. The maximum Gasteiger partial charge on any atom is 0.211 e. The lowest BCUT2D eigenvalue weighted by atomic mass is 9.94. The highest BCUT2D eigenvalue weighted by Crippen LogP contribution is 2.46. The van der Waals surface area contributed by atoms with Gasteiger partial charge in [0.25, 0.3) is 0 Å². The second kappa shape index (κ2) is 7.08. The van der Waals surface area contributed by atoms with Crippen LogP contribution in [0.5, 0.6) is 5.75 Å². The molecule has 11 heteroatoms. The molecule has 6 N–H and O–H groups in total. The molecule has 0 saturated heterocycles. The number of guanidine groups is 1. The van der Waals surface area contributed by atoms with Gasteiger partial charge in [-0.2, -0.15) is 10.5 Å². The van der Waals surface area contributed by atoms with Crippen molar-refractivity contribution >= 4 is 46.5 Å². The topological polar surface area (TPSA) is 158 Å². The number of nitrogens with two attached hydrogens (primary N) is 2. The normalized spacial score (nSPS) is 14.9. The minimum atomic E-state index is -0.822. The summed E-state index contributed by atoms with van der Waals surface area (Å²) in [5, 5.41) is 24.2. The number of nitrogens with one attached hydrogen (secondary N) is 2. The van der Waals surface area contributed by atoms with Gasteiger partial charge in [-0.15, -0.1) is 0 Å². The molecule has 0 saturated carbocycles. The van der Waals surface area contributed by atoms with Gasteiger partial charge in [0, 0.05) is 16.1 Å². The molecule has 0 amide bonds. The number of pyridine rings is 1. The molecule has 2 heterocycles. The number of benzene rings is 1. The molecule has 0 aliphatic carbocycles. The number of anilines is 3. The summed E-state index contributed by atoms with van der Waals surface area (Å²) in [7, 11) is 1.46. The molecular formula is C16H12Cl2N8O. The van der Waals surface area contributed by atoms with E-state index in [9.17, 15) is 5.26 Å². The number of aliphatic imine (C=N–C) groups is 1. The molecule has 1 atom stereocenters. The molecule has 1 aromatic carbocycles. The third-order valence-corrected chi connectivity index (χ3v) is 4.44. The maximum atomic E-state index is 9.36. The van der Waals surface area contributed by atoms with Gasteiger partial charge in [0.1, 0.15) is 35.1 Å². The van der Waals surface area contributed by atoms with Crippen molar-refractivity contribution in [1.82, 2.24) is 10.3 Å². The number of rotatable bonds is 2. The van der Waals surface area contributed by atoms with Gasteiger partial charge < -0.3 is 21.5 Å². The molecule has 3 rings (SSSR count). The zero-order valence-electron chi connectivity index (χ0n) is 13.8. The van der Waals surface area contributed by atoms with Gasteiger partial charge in [-0.1, -0.05) is 23.2 Å². The molecule has 2 aromatic rings. The number of methoxy groups -OCH3 is 1. The summed E-state index contributed by atoms with van der Waals surface area (Å²) in [5.41, 5.74) is 13.0. The predicted molar refractivity (Wildman–Crippen MR) is 102 cm³/mol. The highest BCUT2D eigenvalue weighted by Gasteiger charge is 2.33. The van der Waals surface area contributed by atoms with Gasteiger partial charge in [0.05, 0.1) is 17.8 Å². The summed E-state index contributed by atoms with van der Waals surface area (Å²) in [6.45, 7) is 0. The van der Waals surface area contributed by atoms with E-state index in [-0.39, 0.29) is 33.9 Å². The average Bonchev–Trinajstić information content (AvgIpc) is 2.60. The second-order valence-corrected chi connectivity index (χ2v) is 6.25. The van der Waals surface area contributed by atoms with Gasteiger partial charge in [0.15, 0.2) is 6.19 Å². The Morgan fingerprint density at radius 2 is 2.00 bits per heavy atom. The van der Waals surface area contributed by atoms with Crippen LogP contribution in [0, 0.1) is 22.8 Å². The first kappa shape index (κ1) is 18.4. The molecule has 136 valence electrons. The van der Waals surface area contributed by atoms with Crippen molar-refractivity contribution in [3.63, 3.8) is 0 Å². The Labute approximate surface area is 164 Å². The smallest absolute Gasteiger partial charge is 0.211 e. The Balaban J connectivity index is 2.34. The van der Waals surface area contributed by atoms with Crippen molar-refractivity contribution in [2.75, 3.05) is 23.9 Å². The molecule has 27 heavy (non-hydrogen) atoms. The zero-order chi connectivity index (χ0) is 19.7. The predicted octanol–water partition coefficient (Wildman–Crippen LogP) is 2.37. The molecule has 0 fully saturated rings. The van der Waals surface area contributed by atoms with E-state index in [4.69, 9.17) is 44.7 Å². The number of nitriles is 2. The maximum absolute atomic E-state index is 9.36. The van der Waals surface area contributed by atoms with Crippen LogP contribution in [-0.4, -0.2) is 18.1 Å². The zero-order valence-corrected chi connectivity index (χ0v) is 15.4. The van der Waals surface area contributed by atoms with Crippen molar-refractivity contribution in [1.29, 1.82) is 10.5 Å². The Morgan fingerprint density at radius 3 is 2.63 bits per heavy atom. The summed E-state index contributed by atoms with van der Waals surface area (Å²) in [5.74, 6) is 0.668. The van der Waals surface area contributed by atoms with Crippen molar-refractivity contribution < 1.29 is 4.74 Å². The highest BCUT2D eigenvalue weighted by atomic mass is 35.5. The Bertz CT molecular complexity index is 1050. The Morgan fingerprint density at radius 1 is 1.26 bits per heavy atom. The van der Waals surface area contributed by atoms with E-state index in [0.29, 0.717) is 21.9 Å². The molecular weight excluding hydrogens is 391 g/mol. The van der Waals surface area contributed by atoms with Crippen molar-refractivity contribution in [3.05, 3.63) is 38.9 Å². The van der Waals surface area contributed by atoms with E-state index in [1.807, 2.05) is 6.07 Å². The van der Waals surface area contributed by atoms with E-state index >= 15 is 0 Å². The number of nitrogen functional groups attached to an aromatic ring is 2. The van der Waals surface area contributed by atoms with Crippen LogP contribution in [0.4, 0.5) is 17.3 Å². The fourth-order valence-electron chi connectivity index (χ4n) is 2.79. The Hall–Kier alpha value is -3.40. The minimum Gasteiger partial charge on any atom is -0.496 e. The monoisotopic (exact) mass is 402 g/mol. The number of fused-ring (bicyclic) bond motifs is 1. The number of nitrogens with zero attached hydrogens (tertiary/aromatic N) is 4. The minimum absolute atomic E-state index is 0.0245. The largest absolute Gasteiger partial charge is 0.496 e. The molecule has 0 radical (unpaired) electrons. The second-order valence-electron chi connectivity index (χ2n) is 5.41. The van der Waals surface area contributed by atoms with Crippen LogP contribution in [0.15, 0.2) is 17.1 Å². The van der Waals surface area contributed by atoms with Gasteiger partial charge in [-0.3, -0.25) is 5.32 Å².